The van der Waals surface area contributed by atoms with Crippen molar-refractivity contribution in [1.29, 1.82) is 0 Å². The molecule has 0 aliphatic heterocycles. The monoisotopic (exact) mass is 487 g/mol. The lowest BCUT2D eigenvalue weighted by molar-refractivity contribution is 0.123. The first kappa shape index (κ1) is 33.1. The Labute approximate surface area is 209 Å². The van der Waals surface area contributed by atoms with Crippen LogP contribution in [0.3, 0.4) is 0 Å². The summed E-state index contributed by atoms with van der Waals surface area (Å²) in [6.07, 6.45) is 29.8. The Bertz CT molecular complexity index is 359. The molecule has 0 aliphatic carbocycles. The molecule has 0 aromatic rings. The smallest absolute Gasteiger partial charge is 0.377 e. The third-order valence-electron chi connectivity index (χ3n) is 6.98. The predicted octanol–water partition coefficient (Wildman–Crippen LogP) is 8.67. The number of rotatable bonds is 28. The van der Waals surface area contributed by atoms with Gasteiger partial charge in [0, 0.05) is 27.4 Å². The van der Waals surface area contributed by atoms with Crippen LogP contribution in [0.25, 0.3) is 0 Å². The first-order chi connectivity index (χ1) is 16.2. The molecule has 0 bridgehead atoms. The Balaban J connectivity index is 3.15. The van der Waals surface area contributed by atoms with Crippen molar-refractivity contribution >= 4 is 8.80 Å². The molecule has 0 rings (SSSR count). The van der Waals surface area contributed by atoms with Crippen LogP contribution in [0.5, 0.6) is 0 Å². The zero-order valence-corrected chi connectivity index (χ0v) is 24.2. The molecule has 0 saturated carbocycles. The van der Waals surface area contributed by atoms with Gasteiger partial charge in [-0.15, -0.1) is 0 Å². The summed E-state index contributed by atoms with van der Waals surface area (Å²) in [5, 5.41) is 3.54. The van der Waals surface area contributed by atoms with Crippen LogP contribution >= 0.6 is 0 Å². The molecule has 4 nitrogen and oxygen atoms in total. The molecule has 0 atom stereocenters. The van der Waals surface area contributed by atoms with Gasteiger partial charge in [-0.2, -0.15) is 0 Å². The van der Waals surface area contributed by atoms with Crippen LogP contribution in [0.4, 0.5) is 0 Å². The standard InChI is InChI=1S/C28H61NO3Si/c1-5-6-7-8-9-10-11-12-13-14-15-16-17-18-19-20-21-22-23-24-26-29-27-25-28-33(30-2,31-3)32-4/h29H,5-28H2,1-4H3. The topological polar surface area (TPSA) is 39.7 Å². The van der Waals surface area contributed by atoms with Crippen LogP contribution in [0.1, 0.15) is 142 Å². The van der Waals surface area contributed by atoms with E-state index in [1.807, 2.05) is 0 Å². The van der Waals surface area contributed by atoms with Gasteiger partial charge in [0.2, 0.25) is 0 Å². The Hall–Kier alpha value is 0.0569. The van der Waals surface area contributed by atoms with Gasteiger partial charge in [0.1, 0.15) is 0 Å². The number of hydrogen-bond donors (Lipinski definition) is 1. The normalized spacial score (nSPS) is 12.0. The second-order valence-electron chi connectivity index (χ2n) is 9.87. The maximum atomic E-state index is 5.46. The molecule has 0 spiro atoms. The Morgan fingerprint density at radius 2 is 0.727 bits per heavy atom. The van der Waals surface area contributed by atoms with Gasteiger partial charge in [0.05, 0.1) is 0 Å². The molecular formula is C28H61NO3Si. The fourth-order valence-corrected chi connectivity index (χ4v) is 6.34. The number of hydrogen-bond acceptors (Lipinski definition) is 4. The molecule has 0 aromatic carbocycles. The van der Waals surface area contributed by atoms with Crippen LogP contribution in [0.15, 0.2) is 0 Å². The van der Waals surface area contributed by atoms with E-state index in [4.69, 9.17) is 13.3 Å². The molecule has 33 heavy (non-hydrogen) atoms. The third kappa shape index (κ3) is 22.3. The van der Waals surface area contributed by atoms with E-state index in [1.54, 1.807) is 21.3 Å². The van der Waals surface area contributed by atoms with Crippen LogP contribution in [0.2, 0.25) is 6.04 Å². The van der Waals surface area contributed by atoms with E-state index in [0.717, 1.165) is 25.6 Å². The summed E-state index contributed by atoms with van der Waals surface area (Å²) in [4.78, 5) is 0. The summed E-state index contributed by atoms with van der Waals surface area (Å²) >= 11 is 0. The van der Waals surface area contributed by atoms with Crippen molar-refractivity contribution in [1.82, 2.24) is 5.32 Å². The van der Waals surface area contributed by atoms with Crippen LogP contribution in [-0.2, 0) is 13.3 Å². The van der Waals surface area contributed by atoms with Gasteiger partial charge in [-0.1, -0.05) is 129 Å². The van der Waals surface area contributed by atoms with Gasteiger partial charge in [-0.05, 0) is 25.9 Å². The van der Waals surface area contributed by atoms with Gasteiger partial charge in [0.15, 0.2) is 0 Å². The number of unbranched alkanes of at least 4 members (excludes halogenated alkanes) is 19. The summed E-state index contributed by atoms with van der Waals surface area (Å²) in [7, 11) is 2.68. The second-order valence-corrected chi connectivity index (χ2v) is 13.0. The molecule has 0 aromatic heterocycles. The molecule has 0 aliphatic rings. The van der Waals surface area contributed by atoms with Crippen molar-refractivity contribution in [2.75, 3.05) is 34.4 Å². The fraction of sp³-hybridized carbons (Fsp3) is 1.00. The van der Waals surface area contributed by atoms with Gasteiger partial charge in [0.25, 0.3) is 0 Å². The molecule has 0 amide bonds. The van der Waals surface area contributed by atoms with E-state index in [9.17, 15) is 0 Å². The van der Waals surface area contributed by atoms with Gasteiger partial charge < -0.3 is 18.6 Å². The fourth-order valence-electron chi connectivity index (χ4n) is 4.62. The maximum absolute atomic E-state index is 5.46. The molecular weight excluding hydrogens is 426 g/mol. The molecule has 0 unspecified atom stereocenters. The molecule has 5 heteroatoms. The summed E-state index contributed by atoms with van der Waals surface area (Å²) in [5.41, 5.74) is 0. The molecule has 1 N–H and O–H groups in total. The predicted molar refractivity (Wildman–Crippen MR) is 147 cm³/mol. The highest BCUT2D eigenvalue weighted by Gasteiger charge is 2.36. The van der Waals surface area contributed by atoms with Gasteiger partial charge >= 0.3 is 8.80 Å². The summed E-state index contributed by atoms with van der Waals surface area (Å²) in [5.74, 6) is 0. The second kappa shape index (κ2) is 26.7. The van der Waals surface area contributed by atoms with Gasteiger partial charge in [-0.25, -0.2) is 0 Å². The lowest BCUT2D eigenvalue weighted by Gasteiger charge is -2.24. The van der Waals surface area contributed by atoms with E-state index < -0.39 is 8.80 Å². The SMILES string of the molecule is CCCCCCCCCCCCCCCCCCCCCCNCCC[Si](OC)(OC)OC. The van der Waals surface area contributed by atoms with Crippen molar-refractivity contribution in [2.24, 2.45) is 0 Å². The zero-order chi connectivity index (χ0) is 24.3. The van der Waals surface area contributed by atoms with E-state index in [0.29, 0.717) is 0 Å². The zero-order valence-electron chi connectivity index (χ0n) is 23.2. The molecule has 0 saturated heterocycles. The minimum Gasteiger partial charge on any atom is -0.377 e. The third-order valence-corrected chi connectivity index (χ3v) is 9.81. The lowest BCUT2D eigenvalue weighted by Crippen LogP contribution is -2.43. The molecule has 0 radical (unpaired) electrons. The van der Waals surface area contributed by atoms with Crippen molar-refractivity contribution < 1.29 is 13.3 Å². The summed E-state index contributed by atoms with van der Waals surface area (Å²) in [6, 6.07) is 0.878. The van der Waals surface area contributed by atoms with Crippen molar-refractivity contribution in [3.8, 4) is 0 Å². The van der Waals surface area contributed by atoms with Crippen LogP contribution < -0.4 is 5.32 Å². The summed E-state index contributed by atoms with van der Waals surface area (Å²) < 4.78 is 16.4. The van der Waals surface area contributed by atoms with Crippen molar-refractivity contribution in [2.45, 2.75) is 148 Å². The first-order valence-corrected chi connectivity index (χ1v) is 16.5. The summed E-state index contributed by atoms with van der Waals surface area (Å²) in [6.45, 7) is 4.44. The Kier molecular flexibility index (Phi) is 26.7. The lowest BCUT2D eigenvalue weighted by atomic mass is 10.0. The first-order valence-electron chi connectivity index (χ1n) is 14.6. The average molecular weight is 488 g/mol. The quantitative estimate of drug-likeness (QED) is 0.0885. The van der Waals surface area contributed by atoms with E-state index >= 15 is 0 Å². The van der Waals surface area contributed by atoms with Crippen molar-refractivity contribution in [3.05, 3.63) is 0 Å². The van der Waals surface area contributed by atoms with E-state index in [1.165, 1.54) is 128 Å². The minimum atomic E-state index is -2.38. The molecule has 0 fully saturated rings. The largest absolute Gasteiger partial charge is 0.500 e. The minimum absolute atomic E-state index is 0.878. The van der Waals surface area contributed by atoms with E-state index in [-0.39, 0.29) is 0 Å². The molecule has 200 valence electrons. The molecule has 0 heterocycles. The maximum Gasteiger partial charge on any atom is 0.500 e. The Morgan fingerprint density at radius 3 is 1.06 bits per heavy atom. The van der Waals surface area contributed by atoms with Crippen molar-refractivity contribution in [3.63, 3.8) is 0 Å². The number of nitrogens with one attached hydrogen (secondary N) is 1. The van der Waals surface area contributed by atoms with E-state index in [2.05, 4.69) is 12.2 Å². The highest BCUT2D eigenvalue weighted by atomic mass is 28.4. The van der Waals surface area contributed by atoms with Gasteiger partial charge in [-0.3, -0.25) is 0 Å². The average Bonchev–Trinajstić information content (AvgIpc) is 2.84. The van der Waals surface area contributed by atoms with Crippen LogP contribution in [0, 0.1) is 0 Å². The highest BCUT2D eigenvalue weighted by Crippen LogP contribution is 2.15. The highest BCUT2D eigenvalue weighted by molar-refractivity contribution is 6.60. The Morgan fingerprint density at radius 1 is 0.424 bits per heavy atom. The van der Waals surface area contributed by atoms with Crippen LogP contribution in [-0.4, -0.2) is 43.2 Å².